The zero-order valence-corrected chi connectivity index (χ0v) is 30.2. The molecule has 0 saturated heterocycles. The molecule has 0 aliphatic heterocycles. The Kier molecular flexibility index (Phi) is 13.3. The summed E-state index contributed by atoms with van der Waals surface area (Å²) >= 11 is 0. The number of furan rings is 1. The first kappa shape index (κ1) is 42.8. The lowest BCUT2D eigenvalue weighted by molar-refractivity contribution is -0.369. The van der Waals surface area contributed by atoms with E-state index in [4.69, 9.17) is 25.4 Å². The minimum atomic E-state index is -6.54. The second-order valence-corrected chi connectivity index (χ2v) is 14.4. The van der Waals surface area contributed by atoms with E-state index in [2.05, 4.69) is 11.7 Å². The van der Waals surface area contributed by atoms with E-state index in [1.165, 1.54) is 39.2 Å². The summed E-state index contributed by atoms with van der Waals surface area (Å²) in [6, 6.07) is 10.6. The quantitative estimate of drug-likeness (QED) is 0.0672. The van der Waals surface area contributed by atoms with Gasteiger partial charge in [0.15, 0.2) is 0 Å². The minimum absolute atomic E-state index is 0.0800. The van der Waals surface area contributed by atoms with Crippen molar-refractivity contribution in [2.45, 2.75) is 115 Å². The lowest BCUT2D eigenvalue weighted by atomic mass is 9.79. The highest BCUT2D eigenvalue weighted by molar-refractivity contribution is 5.85. The molecule has 0 aliphatic rings. The number of carbonyl (C=O) groups is 1. The Labute approximate surface area is 298 Å². The number of unbranched alkanes of at least 4 members (excludes halogenated alkanes) is 2. The molecule has 1 unspecified atom stereocenters. The van der Waals surface area contributed by atoms with Crippen LogP contribution in [0.15, 0.2) is 46.9 Å². The molecular weight excluding hydrogens is 704 g/mol. The number of methoxy groups -OCH3 is 1. The van der Waals surface area contributed by atoms with Crippen LogP contribution in [0.1, 0.15) is 78.7 Å². The number of rotatable bonds is 20. The summed E-state index contributed by atoms with van der Waals surface area (Å²) in [7, 11) is 1.51. The molecule has 1 aromatic heterocycles. The van der Waals surface area contributed by atoms with Gasteiger partial charge in [0.1, 0.15) is 22.8 Å². The van der Waals surface area contributed by atoms with Crippen molar-refractivity contribution in [3.05, 3.63) is 48.0 Å². The van der Waals surface area contributed by atoms with Gasteiger partial charge >= 0.3 is 29.7 Å². The lowest BCUT2D eigenvalue weighted by Gasteiger charge is -2.37. The van der Waals surface area contributed by atoms with Crippen molar-refractivity contribution in [3.63, 3.8) is 0 Å². The van der Waals surface area contributed by atoms with Crippen LogP contribution in [-0.2, 0) is 16.0 Å². The van der Waals surface area contributed by atoms with Gasteiger partial charge in [0, 0.05) is 23.0 Å². The van der Waals surface area contributed by atoms with Crippen LogP contribution in [0.2, 0.25) is 0 Å². The predicted molar refractivity (Wildman–Crippen MR) is 182 cm³/mol. The van der Waals surface area contributed by atoms with E-state index in [0.29, 0.717) is 22.5 Å². The van der Waals surface area contributed by atoms with Gasteiger partial charge < -0.3 is 30.1 Å². The van der Waals surface area contributed by atoms with Crippen molar-refractivity contribution in [2.75, 3.05) is 20.3 Å². The fourth-order valence-corrected chi connectivity index (χ4v) is 5.41. The van der Waals surface area contributed by atoms with Crippen LogP contribution in [0.5, 0.6) is 11.5 Å². The molecule has 15 heteroatoms. The fraction of sp³-hybridized carbons (Fsp3) is 0.595. The Hall–Kier alpha value is -3.59. The van der Waals surface area contributed by atoms with Gasteiger partial charge in [-0.05, 0) is 82.9 Å². The van der Waals surface area contributed by atoms with Crippen LogP contribution >= 0.6 is 0 Å². The molecule has 0 spiro atoms. The van der Waals surface area contributed by atoms with E-state index in [1.807, 2.05) is 18.2 Å². The molecule has 0 amide bonds. The van der Waals surface area contributed by atoms with Crippen LogP contribution in [0.3, 0.4) is 0 Å². The number of benzene rings is 2. The minimum Gasteiger partial charge on any atom is -0.496 e. The molecule has 292 valence electrons. The summed E-state index contributed by atoms with van der Waals surface area (Å²) in [5.74, 6) is -24.7. The van der Waals surface area contributed by atoms with E-state index < -0.39 is 72.7 Å². The maximum atomic E-state index is 14.6. The first-order valence-corrected chi connectivity index (χ1v) is 17.0. The number of nitrogens with two attached hydrogens (primary N) is 2. The summed E-state index contributed by atoms with van der Waals surface area (Å²) < 4.78 is 138. The van der Waals surface area contributed by atoms with Gasteiger partial charge in [-0.2, -0.15) is 35.1 Å². The average Bonchev–Trinajstić information content (AvgIpc) is 3.46. The molecule has 0 fully saturated rings. The number of hydrogen-bond acceptors (Lipinski definition) is 7. The molecule has 0 bridgehead atoms. The topological polar surface area (TPSA) is 110 Å². The van der Waals surface area contributed by atoms with E-state index in [0.717, 1.165) is 31.2 Å². The maximum Gasteiger partial charge on any atom is 0.378 e. The van der Waals surface area contributed by atoms with Gasteiger partial charge in [-0.15, -0.1) is 0 Å². The number of aryl methyl sites for hydroxylation is 1. The van der Waals surface area contributed by atoms with Gasteiger partial charge in [-0.3, -0.25) is 4.79 Å². The maximum absolute atomic E-state index is 14.6. The Morgan fingerprint density at radius 1 is 0.846 bits per heavy atom. The van der Waals surface area contributed by atoms with Crippen molar-refractivity contribution in [3.8, 4) is 22.8 Å². The molecule has 0 saturated carbocycles. The Bertz CT molecular complexity index is 1650. The van der Waals surface area contributed by atoms with Crippen molar-refractivity contribution in [1.82, 2.24) is 0 Å². The number of alkyl halides is 8. The Morgan fingerprint density at radius 2 is 1.46 bits per heavy atom. The first-order valence-electron chi connectivity index (χ1n) is 17.0. The molecule has 3 aromatic rings. The normalized spacial score (nSPS) is 14.1. The third-order valence-electron chi connectivity index (χ3n) is 8.94. The van der Waals surface area contributed by atoms with Gasteiger partial charge in [-0.25, -0.2) is 0 Å². The first-order chi connectivity index (χ1) is 23.9. The van der Waals surface area contributed by atoms with Gasteiger partial charge in [0.25, 0.3) is 0 Å². The Balaban J connectivity index is 1.64. The summed E-state index contributed by atoms with van der Waals surface area (Å²) in [5.41, 5.74) is 11.4. The average molecular weight is 753 g/mol. The van der Waals surface area contributed by atoms with Crippen LogP contribution in [0.4, 0.5) is 35.1 Å². The van der Waals surface area contributed by atoms with Crippen molar-refractivity contribution in [1.29, 1.82) is 0 Å². The Morgan fingerprint density at radius 3 is 2.04 bits per heavy atom. The molecule has 0 radical (unpaired) electrons. The number of fused-ring (bicyclic) bond motifs is 1. The monoisotopic (exact) mass is 752 g/mol. The van der Waals surface area contributed by atoms with Crippen LogP contribution < -0.4 is 20.9 Å². The van der Waals surface area contributed by atoms with E-state index in [1.54, 1.807) is 19.9 Å². The van der Waals surface area contributed by atoms with Crippen molar-refractivity contribution in [2.24, 2.45) is 16.9 Å². The van der Waals surface area contributed by atoms with E-state index in [9.17, 15) is 39.9 Å². The fourth-order valence-electron chi connectivity index (χ4n) is 5.41. The molecule has 52 heavy (non-hydrogen) atoms. The highest BCUT2D eigenvalue weighted by Crippen LogP contribution is 2.54. The number of halogens is 8. The number of ether oxygens (including phenoxy) is 3. The van der Waals surface area contributed by atoms with Crippen LogP contribution in [0, 0.1) is 5.41 Å². The summed E-state index contributed by atoms with van der Waals surface area (Å²) in [6.07, 6.45) is -0.0563. The molecule has 1 atom stereocenters. The highest BCUT2D eigenvalue weighted by atomic mass is 19.4. The smallest absolute Gasteiger partial charge is 0.378 e. The third-order valence-corrected chi connectivity index (χ3v) is 8.94. The van der Waals surface area contributed by atoms with Crippen molar-refractivity contribution >= 4 is 16.9 Å². The summed E-state index contributed by atoms with van der Waals surface area (Å²) in [5, 5.41) is 0.576. The molecule has 3 rings (SSSR count). The molecule has 1 heterocycles. The summed E-state index contributed by atoms with van der Waals surface area (Å²) in [6.45, 7) is 5.23. The second kappa shape index (κ2) is 16.2. The predicted octanol–water partition coefficient (Wildman–Crippen LogP) is 9.57. The number of carbonyl (C=O) groups excluding carboxylic acids is 1. The zero-order chi connectivity index (χ0) is 39.3. The zero-order valence-electron chi connectivity index (χ0n) is 30.2. The van der Waals surface area contributed by atoms with Crippen molar-refractivity contribution < 1.29 is 58.5 Å². The molecule has 0 aliphatic carbocycles. The van der Waals surface area contributed by atoms with Crippen LogP contribution in [-0.4, -0.2) is 61.6 Å². The van der Waals surface area contributed by atoms with Crippen LogP contribution in [0.25, 0.3) is 22.3 Å². The third kappa shape index (κ3) is 9.68. The second-order valence-electron chi connectivity index (χ2n) is 14.4. The summed E-state index contributed by atoms with van der Waals surface area (Å²) in [4.78, 5) is 12.5. The van der Waals surface area contributed by atoms with Gasteiger partial charge in [0.2, 0.25) is 0 Å². The van der Waals surface area contributed by atoms with E-state index >= 15 is 0 Å². The van der Waals surface area contributed by atoms with Gasteiger partial charge in [0.05, 0.1) is 44.1 Å². The highest BCUT2D eigenvalue weighted by Gasteiger charge is 2.79. The SMILES string of the molecule is CCCCCc1ccc(-c2cc3ccc(OCCC(F)(F)C(F)(F)C(F)(F)C(F)(F)CCOC(=O)C(C)(C)C(N)CC(C)(C)N)cc3o2)c(OC)c1. The lowest BCUT2D eigenvalue weighted by Crippen LogP contribution is -2.62. The van der Waals surface area contributed by atoms with Gasteiger partial charge in [-0.1, -0.05) is 25.8 Å². The molecular formula is C37H48F8N2O5. The molecule has 4 N–H and O–H groups in total. The molecule has 2 aromatic carbocycles. The van der Waals surface area contributed by atoms with E-state index in [-0.39, 0.29) is 17.8 Å². The molecule has 7 nitrogen and oxygen atoms in total. The largest absolute Gasteiger partial charge is 0.496 e. The standard InChI is InChI=1S/C37H48F8N2O5/c1-7-8-9-10-23-11-14-26(28(19-23)49-6)29-20-24-12-13-25(21-27(24)52-29)50-17-15-34(38,39)36(42,43)37(44,45)35(40,41)16-18-51-31(48)33(4,5)30(46)22-32(2,3)47/h11-14,19-21,30H,7-10,15-18,22,46-47H2,1-6H3. The number of esters is 1. The number of hydrogen-bond donors (Lipinski definition) is 2.